The molecule has 2 fully saturated rings. The van der Waals surface area contributed by atoms with E-state index in [4.69, 9.17) is 4.74 Å². The quantitative estimate of drug-likeness (QED) is 0.894. The number of hydrogen-bond donors (Lipinski definition) is 2. The van der Waals surface area contributed by atoms with Crippen molar-refractivity contribution in [3.8, 4) is 5.75 Å². The van der Waals surface area contributed by atoms with Gasteiger partial charge in [-0.25, -0.2) is 4.39 Å². The van der Waals surface area contributed by atoms with Crippen molar-refractivity contribution in [2.24, 2.45) is 0 Å². The van der Waals surface area contributed by atoms with E-state index in [9.17, 15) is 9.18 Å². The van der Waals surface area contributed by atoms with Crippen molar-refractivity contribution in [2.45, 2.75) is 43.8 Å². The number of benzene rings is 1. The second kappa shape index (κ2) is 7.09. The Morgan fingerprint density at radius 2 is 1.86 bits per heavy atom. The zero-order valence-electron chi connectivity index (χ0n) is 11.7. The van der Waals surface area contributed by atoms with E-state index in [0.29, 0.717) is 17.8 Å². The molecule has 2 aliphatic heterocycles. The van der Waals surface area contributed by atoms with Gasteiger partial charge in [-0.05, 0) is 49.9 Å². The first-order chi connectivity index (χ1) is 9.69. The third-order valence-electron chi connectivity index (χ3n) is 4.02. The normalized spacial score (nSPS) is 26.8. The number of piperidine rings is 1. The molecule has 2 unspecified atom stereocenters. The molecule has 0 saturated carbocycles. The molecule has 2 aliphatic rings. The number of hydrogen-bond acceptors (Lipinski definition) is 3. The molecule has 0 aliphatic carbocycles. The summed E-state index contributed by atoms with van der Waals surface area (Å²) >= 11 is 0. The molecule has 21 heavy (non-hydrogen) atoms. The van der Waals surface area contributed by atoms with Gasteiger partial charge in [0.25, 0.3) is 5.91 Å². The van der Waals surface area contributed by atoms with E-state index in [2.05, 4.69) is 10.6 Å². The molecule has 2 atom stereocenters. The van der Waals surface area contributed by atoms with E-state index in [0.717, 1.165) is 12.8 Å². The third kappa shape index (κ3) is 4.32. The minimum atomic E-state index is -0.313. The fourth-order valence-electron chi connectivity index (χ4n) is 3.12. The number of ether oxygens (including phenoxy) is 1. The predicted octanol–water partition coefficient (Wildman–Crippen LogP) is 2.03. The van der Waals surface area contributed by atoms with Gasteiger partial charge in [0.2, 0.25) is 0 Å². The van der Waals surface area contributed by atoms with E-state index in [-0.39, 0.29) is 36.8 Å². The third-order valence-corrected chi connectivity index (χ3v) is 4.02. The monoisotopic (exact) mass is 314 g/mol. The Morgan fingerprint density at radius 3 is 2.48 bits per heavy atom. The number of amides is 1. The van der Waals surface area contributed by atoms with E-state index in [1.807, 2.05) is 0 Å². The first kappa shape index (κ1) is 16.0. The highest BCUT2D eigenvalue weighted by Crippen LogP contribution is 2.26. The van der Waals surface area contributed by atoms with Crippen molar-refractivity contribution < 1.29 is 13.9 Å². The molecular formula is C15H20ClFN2O2. The Kier molecular flexibility index (Phi) is 5.42. The minimum Gasteiger partial charge on any atom is -0.484 e. The van der Waals surface area contributed by atoms with E-state index < -0.39 is 0 Å². The minimum absolute atomic E-state index is 0. The molecule has 2 saturated heterocycles. The summed E-state index contributed by atoms with van der Waals surface area (Å²) in [4.78, 5) is 11.9. The van der Waals surface area contributed by atoms with Crippen LogP contribution in [-0.4, -0.2) is 30.6 Å². The molecule has 0 spiro atoms. The summed E-state index contributed by atoms with van der Waals surface area (Å²) in [6.45, 7) is -0.0229. The van der Waals surface area contributed by atoms with Crippen LogP contribution in [0.25, 0.3) is 0 Å². The van der Waals surface area contributed by atoms with E-state index in [1.54, 1.807) is 0 Å². The van der Waals surface area contributed by atoms with Crippen molar-refractivity contribution in [3.05, 3.63) is 30.1 Å². The Bertz CT molecular complexity index is 471. The van der Waals surface area contributed by atoms with Crippen LogP contribution in [0.5, 0.6) is 5.75 Å². The zero-order chi connectivity index (χ0) is 13.9. The van der Waals surface area contributed by atoms with Crippen LogP contribution in [0.2, 0.25) is 0 Å². The van der Waals surface area contributed by atoms with Crippen LogP contribution < -0.4 is 15.4 Å². The number of fused-ring (bicyclic) bond motifs is 2. The van der Waals surface area contributed by atoms with Gasteiger partial charge in [-0.2, -0.15) is 0 Å². The standard InChI is InChI=1S/C15H19FN2O2.ClH/c16-10-1-5-14(6-2-10)20-9-15(19)18-13-7-11-3-4-12(8-13)17-11;/h1-2,5-6,11-13,17H,3-4,7-9H2,(H,18,19);1H. The van der Waals surface area contributed by atoms with Gasteiger partial charge in [0, 0.05) is 18.1 Å². The molecule has 1 aromatic carbocycles. The summed E-state index contributed by atoms with van der Waals surface area (Å²) in [5, 5.41) is 6.56. The average Bonchev–Trinajstić information content (AvgIpc) is 2.77. The lowest BCUT2D eigenvalue weighted by atomic mass is 10.00. The van der Waals surface area contributed by atoms with Crippen molar-refractivity contribution in [3.63, 3.8) is 0 Å². The van der Waals surface area contributed by atoms with E-state index >= 15 is 0 Å². The van der Waals surface area contributed by atoms with Gasteiger partial charge in [-0.15, -0.1) is 12.4 Å². The van der Waals surface area contributed by atoms with Gasteiger partial charge in [0.05, 0.1) is 0 Å². The lowest BCUT2D eigenvalue weighted by molar-refractivity contribution is -0.124. The fourth-order valence-corrected chi connectivity index (χ4v) is 3.12. The summed E-state index contributed by atoms with van der Waals surface area (Å²) in [6.07, 6.45) is 4.42. The van der Waals surface area contributed by atoms with Gasteiger partial charge in [-0.3, -0.25) is 4.79 Å². The molecular weight excluding hydrogens is 295 g/mol. The fraction of sp³-hybridized carbons (Fsp3) is 0.533. The number of carbonyl (C=O) groups excluding carboxylic acids is 1. The summed E-state index contributed by atoms with van der Waals surface area (Å²) in [6, 6.07) is 7.03. The number of halogens is 2. The lowest BCUT2D eigenvalue weighted by Gasteiger charge is -2.29. The summed E-state index contributed by atoms with van der Waals surface area (Å²) in [5.74, 6) is 0.0829. The maximum Gasteiger partial charge on any atom is 0.258 e. The number of nitrogens with one attached hydrogen (secondary N) is 2. The summed E-state index contributed by atoms with van der Waals surface area (Å²) < 4.78 is 18.1. The molecule has 116 valence electrons. The lowest BCUT2D eigenvalue weighted by Crippen LogP contribution is -2.48. The Hall–Kier alpha value is -1.33. The highest BCUT2D eigenvalue weighted by Gasteiger charge is 2.33. The van der Waals surface area contributed by atoms with Crippen molar-refractivity contribution in [1.82, 2.24) is 10.6 Å². The molecule has 2 N–H and O–H groups in total. The van der Waals surface area contributed by atoms with Crippen molar-refractivity contribution in [1.29, 1.82) is 0 Å². The van der Waals surface area contributed by atoms with Gasteiger partial charge >= 0.3 is 0 Å². The number of rotatable bonds is 4. The topological polar surface area (TPSA) is 50.4 Å². The van der Waals surface area contributed by atoms with Crippen LogP contribution in [0.1, 0.15) is 25.7 Å². The second-order valence-corrected chi connectivity index (χ2v) is 5.62. The van der Waals surface area contributed by atoms with Gasteiger partial charge < -0.3 is 15.4 Å². The van der Waals surface area contributed by atoms with Gasteiger partial charge in [0.1, 0.15) is 11.6 Å². The second-order valence-electron chi connectivity index (χ2n) is 5.62. The maximum atomic E-state index is 12.7. The molecule has 0 aromatic heterocycles. The Balaban J connectivity index is 0.00000161. The largest absolute Gasteiger partial charge is 0.484 e. The van der Waals surface area contributed by atoms with Crippen LogP contribution in [-0.2, 0) is 4.79 Å². The van der Waals surface area contributed by atoms with Crippen LogP contribution in [0.4, 0.5) is 4.39 Å². The summed E-state index contributed by atoms with van der Waals surface area (Å²) in [5.41, 5.74) is 0. The molecule has 2 heterocycles. The molecule has 6 heteroatoms. The van der Waals surface area contributed by atoms with E-state index in [1.165, 1.54) is 37.1 Å². The molecule has 1 aromatic rings. The Morgan fingerprint density at radius 1 is 1.24 bits per heavy atom. The first-order valence-corrected chi connectivity index (χ1v) is 7.13. The van der Waals surface area contributed by atoms with Crippen LogP contribution in [0.3, 0.4) is 0 Å². The summed E-state index contributed by atoms with van der Waals surface area (Å²) in [7, 11) is 0. The molecule has 0 radical (unpaired) electrons. The van der Waals surface area contributed by atoms with Crippen LogP contribution in [0, 0.1) is 5.82 Å². The first-order valence-electron chi connectivity index (χ1n) is 7.13. The molecule has 1 amide bonds. The van der Waals surface area contributed by atoms with Crippen LogP contribution >= 0.6 is 12.4 Å². The van der Waals surface area contributed by atoms with Crippen molar-refractivity contribution >= 4 is 18.3 Å². The SMILES string of the molecule is Cl.O=C(COc1ccc(F)cc1)NC1CC2CCC(C1)N2. The molecule has 2 bridgehead atoms. The molecule has 4 nitrogen and oxygen atoms in total. The maximum absolute atomic E-state index is 12.7. The Labute approximate surface area is 129 Å². The molecule has 3 rings (SSSR count). The smallest absolute Gasteiger partial charge is 0.258 e. The highest BCUT2D eigenvalue weighted by molar-refractivity contribution is 5.85. The van der Waals surface area contributed by atoms with Gasteiger partial charge in [0.15, 0.2) is 6.61 Å². The highest BCUT2D eigenvalue weighted by atomic mass is 35.5. The van der Waals surface area contributed by atoms with Crippen molar-refractivity contribution in [2.75, 3.05) is 6.61 Å². The van der Waals surface area contributed by atoms with Crippen LogP contribution in [0.15, 0.2) is 24.3 Å². The predicted molar refractivity (Wildman–Crippen MR) is 80.3 cm³/mol. The zero-order valence-corrected chi connectivity index (χ0v) is 12.5. The number of carbonyl (C=O) groups is 1. The average molecular weight is 315 g/mol. The van der Waals surface area contributed by atoms with Gasteiger partial charge in [-0.1, -0.05) is 0 Å².